The van der Waals surface area contributed by atoms with Crippen LogP contribution in [-0.2, 0) is 19.6 Å². The second kappa shape index (κ2) is 7.73. The Morgan fingerprint density at radius 1 is 1.42 bits per heavy atom. The Bertz CT molecular complexity index is 720. The fourth-order valence-electron chi connectivity index (χ4n) is 2.52. The van der Waals surface area contributed by atoms with Gasteiger partial charge < -0.3 is 16.0 Å². The van der Waals surface area contributed by atoms with E-state index in [0.717, 1.165) is 0 Å². The maximum atomic E-state index is 12.3. The van der Waals surface area contributed by atoms with E-state index in [0.29, 0.717) is 18.8 Å². The number of likely N-dealkylation sites (tertiary alicyclic amines) is 1. The third-order valence-electron chi connectivity index (χ3n) is 3.82. The smallest absolute Gasteiger partial charge is 0.240 e. The van der Waals surface area contributed by atoms with Crippen LogP contribution in [0.15, 0.2) is 29.2 Å². The Kier molecular flexibility index (Phi) is 5.92. The summed E-state index contributed by atoms with van der Waals surface area (Å²) in [6.45, 7) is 3.15. The maximum Gasteiger partial charge on any atom is 0.240 e. The minimum Gasteiger partial charge on any atom is -0.342 e. The highest BCUT2D eigenvalue weighted by Crippen LogP contribution is 2.21. The van der Waals surface area contributed by atoms with Crippen molar-refractivity contribution in [2.75, 3.05) is 31.5 Å². The molecule has 0 aliphatic carbocycles. The molecule has 2 amide bonds. The summed E-state index contributed by atoms with van der Waals surface area (Å²) in [5, 5.41) is 2.68. The third-order valence-corrected chi connectivity index (χ3v) is 5.27. The van der Waals surface area contributed by atoms with Crippen LogP contribution in [0.3, 0.4) is 0 Å². The Morgan fingerprint density at radius 2 is 2.17 bits per heavy atom. The zero-order valence-electron chi connectivity index (χ0n) is 13.5. The van der Waals surface area contributed by atoms with Crippen molar-refractivity contribution in [1.82, 2.24) is 9.62 Å². The van der Waals surface area contributed by atoms with Crippen LogP contribution in [0, 0.1) is 5.92 Å². The first-order valence-corrected chi connectivity index (χ1v) is 9.24. The van der Waals surface area contributed by atoms with Gasteiger partial charge in [-0.05, 0) is 25.1 Å². The van der Waals surface area contributed by atoms with E-state index < -0.39 is 15.9 Å². The standard InChI is InChI=1S/C15H22N4O4S/c1-2-19-10-11(8-14(19)20)15(21)18-12-4-3-5-13(9-12)24(22,23)17-7-6-16/h3-5,9,11,17H,2,6-8,10,16H2,1H3,(H,18,21). The Balaban J connectivity index is 2.07. The van der Waals surface area contributed by atoms with Crippen molar-refractivity contribution in [2.45, 2.75) is 18.2 Å². The fourth-order valence-corrected chi connectivity index (χ4v) is 3.61. The number of nitrogens with zero attached hydrogens (tertiary/aromatic N) is 1. The molecular formula is C15H22N4O4S. The highest BCUT2D eigenvalue weighted by atomic mass is 32.2. The zero-order valence-corrected chi connectivity index (χ0v) is 14.3. The largest absolute Gasteiger partial charge is 0.342 e. The summed E-state index contributed by atoms with van der Waals surface area (Å²) in [5.41, 5.74) is 5.67. The second-order valence-electron chi connectivity index (χ2n) is 5.54. The van der Waals surface area contributed by atoms with Crippen molar-refractivity contribution in [3.63, 3.8) is 0 Å². The molecule has 0 spiro atoms. The van der Waals surface area contributed by atoms with E-state index in [1.807, 2.05) is 6.92 Å². The predicted octanol–water partition coefficient (Wildman–Crippen LogP) is -0.269. The molecule has 0 radical (unpaired) electrons. The molecule has 2 rings (SSSR count). The first-order chi connectivity index (χ1) is 11.4. The summed E-state index contributed by atoms with van der Waals surface area (Å²) in [6, 6.07) is 5.97. The van der Waals surface area contributed by atoms with Gasteiger partial charge >= 0.3 is 0 Å². The van der Waals surface area contributed by atoms with E-state index in [4.69, 9.17) is 5.73 Å². The average Bonchev–Trinajstić information content (AvgIpc) is 2.94. The molecule has 0 aromatic heterocycles. The van der Waals surface area contributed by atoms with Crippen molar-refractivity contribution < 1.29 is 18.0 Å². The minimum atomic E-state index is -3.66. The number of amides is 2. The lowest BCUT2D eigenvalue weighted by molar-refractivity contribution is -0.128. The lowest BCUT2D eigenvalue weighted by Crippen LogP contribution is -2.29. The highest BCUT2D eigenvalue weighted by molar-refractivity contribution is 7.89. The molecule has 1 aromatic carbocycles. The van der Waals surface area contributed by atoms with Crippen molar-refractivity contribution in [3.8, 4) is 0 Å². The highest BCUT2D eigenvalue weighted by Gasteiger charge is 2.33. The summed E-state index contributed by atoms with van der Waals surface area (Å²) in [7, 11) is -3.66. The first kappa shape index (κ1) is 18.4. The van der Waals surface area contributed by atoms with Gasteiger partial charge in [0.2, 0.25) is 21.8 Å². The van der Waals surface area contributed by atoms with Crippen LogP contribution >= 0.6 is 0 Å². The number of carbonyl (C=O) groups is 2. The molecular weight excluding hydrogens is 332 g/mol. The third kappa shape index (κ3) is 4.31. The fraction of sp³-hybridized carbons (Fsp3) is 0.467. The van der Waals surface area contributed by atoms with E-state index in [1.54, 1.807) is 17.0 Å². The van der Waals surface area contributed by atoms with E-state index in [2.05, 4.69) is 10.0 Å². The van der Waals surface area contributed by atoms with Crippen LogP contribution in [0.5, 0.6) is 0 Å². The van der Waals surface area contributed by atoms with Crippen molar-refractivity contribution in [2.24, 2.45) is 11.7 Å². The Labute approximate surface area is 141 Å². The number of sulfonamides is 1. The molecule has 1 heterocycles. The SMILES string of the molecule is CCN1CC(C(=O)Nc2cccc(S(=O)(=O)NCCN)c2)CC1=O. The van der Waals surface area contributed by atoms with Crippen molar-refractivity contribution >= 4 is 27.5 Å². The van der Waals surface area contributed by atoms with Crippen LogP contribution in [0.1, 0.15) is 13.3 Å². The topological polar surface area (TPSA) is 122 Å². The minimum absolute atomic E-state index is 0.0417. The molecule has 0 saturated carbocycles. The van der Waals surface area contributed by atoms with Crippen LogP contribution in [0.4, 0.5) is 5.69 Å². The number of hydrogen-bond donors (Lipinski definition) is 3. The van der Waals surface area contributed by atoms with E-state index in [9.17, 15) is 18.0 Å². The Morgan fingerprint density at radius 3 is 2.79 bits per heavy atom. The van der Waals surface area contributed by atoms with Crippen molar-refractivity contribution in [1.29, 1.82) is 0 Å². The van der Waals surface area contributed by atoms with Crippen molar-refractivity contribution in [3.05, 3.63) is 24.3 Å². The lowest BCUT2D eigenvalue weighted by Gasteiger charge is -2.14. The van der Waals surface area contributed by atoms with Crippen LogP contribution < -0.4 is 15.8 Å². The summed E-state index contributed by atoms with van der Waals surface area (Å²) in [5.74, 6) is -0.753. The molecule has 1 fully saturated rings. The molecule has 1 atom stereocenters. The zero-order chi connectivity index (χ0) is 17.7. The van der Waals surface area contributed by atoms with Gasteiger partial charge in [0.05, 0.1) is 10.8 Å². The summed E-state index contributed by atoms with van der Waals surface area (Å²) in [4.78, 5) is 25.7. The van der Waals surface area contributed by atoms with Gasteiger partial charge in [-0.2, -0.15) is 0 Å². The monoisotopic (exact) mass is 354 g/mol. The van der Waals surface area contributed by atoms with Crippen LogP contribution in [0.25, 0.3) is 0 Å². The van der Waals surface area contributed by atoms with Gasteiger partial charge in [-0.25, -0.2) is 13.1 Å². The first-order valence-electron chi connectivity index (χ1n) is 7.75. The molecule has 24 heavy (non-hydrogen) atoms. The quantitative estimate of drug-likeness (QED) is 0.622. The number of anilines is 1. The maximum absolute atomic E-state index is 12.3. The van der Waals surface area contributed by atoms with Gasteiger partial charge in [-0.3, -0.25) is 9.59 Å². The molecule has 0 bridgehead atoms. The number of nitrogens with one attached hydrogen (secondary N) is 2. The number of hydrogen-bond acceptors (Lipinski definition) is 5. The van der Waals surface area contributed by atoms with E-state index in [-0.39, 0.29) is 36.2 Å². The van der Waals surface area contributed by atoms with Gasteiger partial charge in [0.15, 0.2) is 0 Å². The summed E-state index contributed by atoms with van der Waals surface area (Å²) in [6.07, 6.45) is 0.176. The number of carbonyl (C=O) groups excluding carboxylic acids is 2. The average molecular weight is 354 g/mol. The lowest BCUT2D eigenvalue weighted by atomic mass is 10.1. The summed E-state index contributed by atoms with van der Waals surface area (Å²) >= 11 is 0. The van der Waals surface area contributed by atoms with E-state index >= 15 is 0 Å². The number of benzene rings is 1. The van der Waals surface area contributed by atoms with Gasteiger partial charge in [0.1, 0.15) is 0 Å². The molecule has 132 valence electrons. The molecule has 8 nitrogen and oxygen atoms in total. The van der Waals surface area contributed by atoms with Gasteiger partial charge in [-0.1, -0.05) is 6.07 Å². The normalized spacial score (nSPS) is 18.0. The van der Waals surface area contributed by atoms with Crippen LogP contribution in [0.2, 0.25) is 0 Å². The molecule has 9 heteroatoms. The molecule has 1 unspecified atom stereocenters. The van der Waals surface area contributed by atoms with Crippen LogP contribution in [-0.4, -0.2) is 51.3 Å². The number of rotatable bonds is 7. The Hall–Kier alpha value is -1.97. The van der Waals surface area contributed by atoms with Gasteiger partial charge in [-0.15, -0.1) is 0 Å². The van der Waals surface area contributed by atoms with Gasteiger partial charge in [0, 0.05) is 38.3 Å². The predicted molar refractivity (Wildman–Crippen MR) is 89.7 cm³/mol. The second-order valence-corrected chi connectivity index (χ2v) is 7.30. The molecule has 1 aliphatic rings. The molecule has 1 aromatic rings. The molecule has 1 aliphatic heterocycles. The molecule has 1 saturated heterocycles. The van der Waals surface area contributed by atoms with E-state index in [1.165, 1.54) is 12.1 Å². The summed E-state index contributed by atoms with van der Waals surface area (Å²) < 4.78 is 26.5. The number of nitrogens with two attached hydrogens (primary N) is 1. The van der Waals surface area contributed by atoms with Gasteiger partial charge in [0.25, 0.3) is 0 Å². The molecule has 4 N–H and O–H groups in total.